The minimum absolute atomic E-state index is 0.0236. The Morgan fingerprint density at radius 2 is 1.77 bits per heavy atom. The van der Waals surface area contributed by atoms with Crippen molar-refractivity contribution in [3.8, 4) is 11.6 Å². The number of ketones is 1. The van der Waals surface area contributed by atoms with Gasteiger partial charge in [0.15, 0.2) is 5.78 Å². The molecule has 0 N–H and O–H groups in total. The van der Waals surface area contributed by atoms with Gasteiger partial charge in [-0.3, -0.25) is 14.2 Å². The number of fused-ring (bicyclic) bond motifs is 1. The Bertz CT molecular complexity index is 1650. The van der Waals surface area contributed by atoms with E-state index in [-0.39, 0.29) is 41.5 Å². The molecule has 0 bridgehead atoms. The van der Waals surface area contributed by atoms with E-state index in [9.17, 15) is 14.4 Å². The van der Waals surface area contributed by atoms with Crippen LogP contribution in [0.25, 0.3) is 5.69 Å². The zero-order valence-electron chi connectivity index (χ0n) is 22.0. The molecule has 2 aromatic heterocycles. The minimum atomic E-state index is -0.712. The number of benzene rings is 2. The molecular formula is C29H27N5O5. The van der Waals surface area contributed by atoms with Crippen molar-refractivity contribution in [2.24, 2.45) is 0 Å². The van der Waals surface area contributed by atoms with Gasteiger partial charge in [0.1, 0.15) is 17.3 Å². The molecule has 10 nitrogen and oxygen atoms in total. The molecule has 2 aromatic carbocycles. The standard InChI is InChI=1S/C29H27N5O5/c1-5-38-29(37)24-18(3)39-27-26(25(24)21-9-7-6-8-10-21)28(36)33(19(4)30-27)15-22-16-34(32-31-22)23-13-11-20(12-14-23)17(2)35/h6-14,16,25H,5,15H2,1-4H3. The first-order valence-electron chi connectivity index (χ1n) is 12.5. The molecule has 3 heterocycles. The van der Waals surface area contributed by atoms with Crippen LogP contribution < -0.4 is 10.3 Å². The van der Waals surface area contributed by atoms with E-state index >= 15 is 0 Å². The number of allylic oxidation sites excluding steroid dienone is 1. The zero-order valence-corrected chi connectivity index (χ0v) is 22.0. The first-order chi connectivity index (χ1) is 18.8. The highest BCUT2D eigenvalue weighted by molar-refractivity contribution is 5.94. The summed E-state index contributed by atoms with van der Waals surface area (Å²) in [4.78, 5) is 43.2. The monoisotopic (exact) mass is 525 g/mol. The summed E-state index contributed by atoms with van der Waals surface area (Å²) < 4.78 is 14.3. The van der Waals surface area contributed by atoms with Gasteiger partial charge < -0.3 is 9.47 Å². The van der Waals surface area contributed by atoms with Gasteiger partial charge in [-0.25, -0.2) is 9.48 Å². The van der Waals surface area contributed by atoms with Gasteiger partial charge in [-0.2, -0.15) is 4.98 Å². The second-order valence-electron chi connectivity index (χ2n) is 9.16. The molecule has 4 aromatic rings. The van der Waals surface area contributed by atoms with Crippen LogP contribution in [0.15, 0.2) is 76.9 Å². The molecule has 0 amide bonds. The minimum Gasteiger partial charge on any atom is -0.463 e. The number of Topliss-reactive ketones (excluding diaryl/α,β-unsaturated/α-hetero) is 1. The fraction of sp³-hybridized carbons (Fsp3) is 0.241. The van der Waals surface area contributed by atoms with E-state index in [2.05, 4.69) is 15.3 Å². The summed E-state index contributed by atoms with van der Waals surface area (Å²) in [5, 5.41) is 8.43. The van der Waals surface area contributed by atoms with E-state index in [1.54, 1.807) is 55.9 Å². The van der Waals surface area contributed by atoms with E-state index in [1.165, 1.54) is 11.5 Å². The highest BCUT2D eigenvalue weighted by Crippen LogP contribution is 2.41. The van der Waals surface area contributed by atoms with Crippen LogP contribution in [0.5, 0.6) is 5.88 Å². The van der Waals surface area contributed by atoms with E-state index in [0.717, 1.165) is 11.3 Å². The lowest BCUT2D eigenvalue weighted by Gasteiger charge is -2.28. The van der Waals surface area contributed by atoms with Gasteiger partial charge in [0, 0.05) is 5.56 Å². The molecule has 1 atom stereocenters. The maximum absolute atomic E-state index is 14.0. The summed E-state index contributed by atoms with van der Waals surface area (Å²) in [6.45, 7) is 6.92. The Kier molecular flexibility index (Phi) is 6.93. The van der Waals surface area contributed by atoms with Gasteiger partial charge >= 0.3 is 5.97 Å². The SMILES string of the molecule is CCOC(=O)C1=C(C)Oc2nc(C)n(Cc3cn(-c4ccc(C(C)=O)cc4)nn3)c(=O)c2C1c1ccccc1. The molecule has 10 heteroatoms. The Hall–Kier alpha value is -4.86. The van der Waals surface area contributed by atoms with E-state index in [1.807, 2.05) is 30.3 Å². The molecule has 0 aliphatic carbocycles. The number of aromatic nitrogens is 5. The lowest BCUT2D eigenvalue weighted by molar-refractivity contribution is -0.139. The van der Waals surface area contributed by atoms with Crippen LogP contribution in [0.1, 0.15) is 59.7 Å². The average molecular weight is 526 g/mol. The van der Waals surface area contributed by atoms with E-state index < -0.39 is 11.9 Å². The number of carbonyl (C=O) groups excluding carboxylic acids is 2. The van der Waals surface area contributed by atoms with Crippen LogP contribution in [-0.2, 0) is 16.1 Å². The number of ether oxygens (including phenoxy) is 2. The predicted octanol–water partition coefficient (Wildman–Crippen LogP) is 3.74. The number of carbonyl (C=O) groups is 2. The summed E-state index contributed by atoms with van der Waals surface area (Å²) in [6.07, 6.45) is 1.72. The van der Waals surface area contributed by atoms with Crippen molar-refractivity contribution in [2.45, 2.75) is 40.2 Å². The Labute approximate surface area is 224 Å². The quantitative estimate of drug-likeness (QED) is 0.265. The smallest absolute Gasteiger partial charge is 0.338 e. The molecular weight excluding hydrogens is 498 g/mol. The normalized spacial score (nSPS) is 14.5. The van der Waals surface area contributed by atoms with Gasteiger partial charge in [-0.15, -0.1) is 5.10 Å². The highest BCUT2D eigenvalue weighted by atomic mass is 16.5. The summed E-state index contributed by atoms with van der Waals surface area (Å²) >= 11 is 0. The van der Waals surface area contributed by atoms with Crippen molar-refractivity contribution in [3.05, 3.63) is 111 Å². The van der Waals surface area contributed by atoms with Gasteiger partial charge in [0.2, 0.25) is 5.88 Å². The Balaban J connectivity index is 1.56. The molecule has 1 aliphatic heterocycles. The Morgan fingerprint density at radius 3 is 2.44 bits per heavy atom. The van der Waals surface area contributed by atoms with Crippen LogP contribution >= 0.6 is 0 Å². The largest absolute Gasteiger partial charge is 0.463 e. The van der Waals surface area contributed by atoms with Crippen molar-refractivity contribution < 1.29 is 19.1 Å². The van der Waals surface area contributed by atoms with E-state index in [0.29, 0.717) is 22.8 Å². The summed E-state index contributed by atoms with van der Waals surface area (Å²) in [7, 11) is 0. The predicted molar refractivity (Wildman–Crippen MR) is 142 cm³/mol. The van der Waals surface area contributed by atoms with Gasteiger partial charge in [-0.05, 0) is 57.5 Å². The highest BCUT2D eigenvalue weighted by Gasteiger charge is 2.38. The van der Waals surface area contributed by atoms with Crippen LogP contribution in [0.3, 0.4) is 0 Å². The summed E-state index contributed by atoms with van der Waals surface area (Å²) in [5.74, 6) is -0.334. The zero-order chi connectivity index (χ0) is 27.7. The lowest BCUT2D eigenvalue weighted by Crippen LogP contribution is -2.34. The first kappa shape index (κ1) is 25.8. The fourth-order valence-corrected chi connectivity index (χ4v) is 4.67. The van der Waals surface area contributed by atoms with Crippen molar-refractivity contribution in [1.29, 1.82) is 0 Å². The molecule has 0 radical (unpaired) electrons. The molecule has 1 unspecified atom stereocenters. The van der Waals surface area contributed by atoms with E-state index in [4.69, 9.17) is 9.47 Å². The maximum Gasteiger partial charge on any atom is 0.338 e. The summed E-state index contributed by atoms with van der Waals surface area (Å²) in [5.41, 5.74) is 2.78. The Morgan fingerprint density at radius 1 is 1.05 bits per heavy atom. The van der Waals surface area contributed by atoms with Crippen LogP contribution in [0.2, 0.25) is 0 Å². The van der Waals surface area contributed by atoms with Crippen molar-refractivity contribution in [2.75, 3.05) is 6.61 Å². The molecule has 39 heavy (non-hydrogen) atoms. The van der Waals surface area contributed by atoms with Crippen LogP contribution in [0.4, 0.5) is 0 Å². The number of hydrogen-bond acceptors (Lipinski definition) is 8. The molecule has 0 saturated heterocycles. The molecule has 0 spiro atoms. The third-order valence-electron chi connectivity index (χ3n) is 6.59. The summed E-state index contributed by atoms with van der Waals surface area (Å²) in [6, 6.07) is 16.3. The second kappa shape index (κ2) is 10.5. The van der Waals surface area contributed by atoms with Gasteiger partial charge in [0.25, 0.3) is 5.56 Å². The average Bonchev–Trinajstić information content (AvgIpc) is 3.39. The molecule has 5 rings (SSSR count). The lowest BCUT2D eigenvalue weighted by atomic mass is 9.83. The molecule has 198 valence electrons. The molecule has 0 fully saturated rings. The molecule has 0 saturated carbocycles. The first-order valence-corrected chi connectivity index (χ1v) is 12.5. The number of nitrogens with zero attached hydrogens (tertiary/aromatic N) is 5. The molecule has 1 aliphatic rings. The third kappa shape index (κ3) is 4.88. The van der Waals surface area contributed by atoms with Crippen molar-refractivity contribution >= 4 is 11.8 Å². The van der Waals surface area contributed by atoms with Gasteiger partial charge in [-0.1, -0.05) is 35.5 Å². The van der Waals surface area contributed by atoms with Gasteiger partial charge in [0.05, 0.1) is 42.1 Å². The topological polar surface area (TPSA) is 118 Å². The number of aryl methyl sites for hydroxylation is 1. The van der Waals surface area contributed by atoms with Crippen molar-refractivity contribution in [1.82, 2.24) is 24.5 Å². The second-order valence-corrected chi connectivity index (χ2v) is 9.16. The number of rotatable bonds is 7. The van der Waals surface area contributed by atoms with Crippen LogP contribution in [-0.4, -0.2) is 42.9 Å². The number of hydrogen-bond donors (Lipinski definition) is 0. The number of esters is 1. The third-order valence-corrected chi connectivity index (χ3v) is 6.59. The van der Waals surface area contributed by atoms with Crippen LogP contribution in [0, 0.1) is 6.92 Å². The fourth-order valence-electron chi connectivity index (χ4n) is 4.67. The van der Waals surface area contributed by atoms with Crippen molar-refractivity contribution in [3.63, 3.8) is 0 Å². The maximum atomic E-state index is 14.0.